The molecule has 1 radical (unpaired) electrons. The van der Waals surface area contributed by atoms with Crippen LogP contribution in [0.5, 0.6) is 0 Å². The van der Waals surface area contributed by atoms with E-state index in [0.29, 0.717) is 0 Å². The molecular formula is CuO14P2U3. The van der Waals surface area contributed by atoms with E-state index in [9.17, 15) is 0 Å². The molecule has 0 N–H and O–H groups in total. The molecule has 0 unspecified atom stereocenters. The average Bonchev–Trinajstić information content (AvgIpc) is 1.99. The van der Waals surface area contributed by atoms with Gasteiger partial charge in [0, 0.05) is 17.1 Å². The summed E-state index contributed by atoms with van der Waals surface area (Å²) < 4.78 is 68.6. The summed E-state index contributed by atoms with van der Waals surface area (Å²) in [6.45, 7) is 0. The maximum atomic E-state index is 8.58. The van der Waals surface area contributed by atoms with Gasteiger partial charge >= 0.3 is 96.9 Å². The molecule has 0 aromatic rings. The van der Waals surface area contributed by atoms with Crippen LogP contribution >= 0.6 is 15.6 Å². The molecule has 0 aromatic carbocycles. The molecule has 0 aliphatic heterocycles. The van der Waals surface area contributed by atoms with Crippen LogP contribution in [-0.2, 0) is 39.6 Å². The molecule has 14 nitrogen and oxygen atoms in total. The predicted octanol–water partition coefficient (Wildman–Crippen LogP) is -6.36. The summed E-state index contributed by atoms with van der Waals surface area (Å²) >= 11 is -7.52. The van der Waals surface area contributed by atoms with Gasteiger partial charge in [0.05, 0.1) is 0 Å². The Morgan fingerprint density at radius 3 is 0.500 bits per heavy atom. The monoisotopic (exact) mass is 1060 g/mol. The molecule has 0 heterocycles. The molecule has 0 aliphatic carbocycles. The Hall–Kier alpha value is 2.70. The van der Waals surface area contributed by atoms with Gasteiger partial charge in [0.15, 0.2) is 0 Å². The minimum atomic E-state index is -5.39. The molecule has 20 heavy (non-hydrogen) atoms. The summed E-state index contributed by atoms with van der Waals surface area (Å²) in [5.41, 5.74) is 0. The van der Waals surface area contributed by atoms with Crippen molar-refractivity contribution in [1.82, 2.24) is 0 Å². The third-order valence-corrected chi connectivity index (χ3v) is 0. The van der Waals surface area contributed by atoms with Crippen molar-refractivity contribution in [3.8, 4) is 0 Å². The van der Waals surface area contributed by atoms with E-state index in [2.05, 4.69) is 0 Å². The van der Waals surface area contributed by atoms with Gasteiger partial charge in [-0.2, -0.15) is 15.6 Å². The normalized spacial score (nSPS) is 7.10. The number of hydrogen-bond acceptors (Lipinski definition) is 14. The van der Waals surface area contributed by atoms with Gasteiger partial charge in [-0.05, 0) is 0 Å². The third-order valence-electron chi connectivity index (χ3n) is 0. The fourth-order valence-corrected chi connectivity index (χ4v) is 0. The summed E-state index contributed by atoms with van der Waals surface area (Å²) in [6.07, 6.45) is 0. The first-order chi connectivity index (χ1) is 8.24. The Morgan fingerprint density at radius 1 is 0.500 bits per heavy atom. The van der Waals surface area contributed by atoms with Gasteiger partial charge in [-0.1, -0.05) is 0 Å². The van der Waals surface area contributed by atoms with Crippen LogP contribution in [-0.4, -0.2) is 0 Å². The van der Waals surface area contributed by atoms with Crippen LogP contribution in [0.15, 0.2) is 0 Å². The Balaban J connectivity index is -0.0000000310. The van der Waals surface area contributed by atoms with E-state index in [1.807, 2.05) is 0 Å². The van der Waals surface area contributed by atoms with Crippen LogP contribution in [0.3, 0.4) is 0 Å². The molecule has 0 aromatic heterocycles. The van der Waals surface area contributed by atoms with Crippen molar-refractivity contribution in [2.45, 2.75) is 0 Å². The molecular weight excluding hydrogens is 1060 g/mol. The first kappa shape index (κ1) is 38.3. The Kier molecular flexibility index (Phi) is 56.9. The standard InChI is InChI=1S/Cu.2H3O4P.6O.3U/c;2*1-5(2,3)4;;;;;;;;;/h;2*(H3,1,2,3,4);;;;;;;;;/q;;;;;;;;;3*+2/p-6. The summed E-state index contributed by atoms with van der Waals surface area (Å²) in [5, 5.41) is 0. The third kappa shape index (κ3) is 1110. The zero-order valence-electron chi connectivity index (χ0n) is 8.41. The van der Waals surface area contributed by atoms with Gasteiger partial charge in [-0.15, -0.1) is 0 Å². The second-order valence-electron chi connectivity index (χ2n) is 1.14. The number of rotatable bonds is 0. The molecule has 0 fully saturated rings. The van der Waals surface area contributed by atoms with Crippen LogP contribution in [0.25, 0.3) is 0 Å². The Bertz CT molecular complexity index is 306. The van der Waals surface area contributed by atoms with Gasteiger partial charge in [0.25, 0.3) is 0 Å². The van der Waals surface area contributed by atoms with Crippen molar-refractivity contribution in [2.75, 3.05) is 0 Å². The van der Waals surface area contributed by atoms with Gasteiger partial charge < -0.3 is 38.5 Å². The molecule has 0 spiro atoms. The Labute approximate surface area is 165 Å². The predicted molar refractivity (Wildman–Crippen MR) is 19.3 cm³/mol. The summed E-state index contributed by atoms with van der Waals surface area (Å²) in [6, 6.07) is 0. The summed E-state index contributed by atoms with van der Waals surface area (Å²) in [7, 11) is -10.8. The molecule has 117 valence electrons. The van der Waals surface area contributed by atoms with Crippen LogP contribution in [0.4, 0.5) is 0 Å². The van der Waals surface area contributed by atoms with Crippen LogP contribution in [0.1, 0.15) is 0 Å². The quantitative estimate of drug-likeness (QED) is 0.161. The molecule has 0 saturated heterocycles. The Morgan fingerprint density at radius 2 is 0.500 bits per heavy atom. The second-order valence-corrected chi connectivity index (χ2v) is 5.02. The first-order valence-electron chi connectivity index (χ1n) is 2.69. The molecule has 0 atom stereocenters. The number of phosphoric acid groups is 2. The average molecular weight is 1060 g/mol. The van der Waals surface area contributed by atoms with E-state index in [1.54, 1.807) is 0 Å². The SMILES string of the molecule is O=P([O-])([O-])[O-].O=P([O-])([O-])[O-].[Cu].[O]=[U+2]=[O].[O]=[U+2]=[O].[O]=[U+2]=[O]. The molecule has 0 saturated carbocycles. The van der Waals surface area contributed by atoms with Crippen LogP contribution < -0.4 is 29.4 Å². The van der Waals surface area contributed by atoms with Crippen molar-refractivity contribution in [1.29, 1.82) is 0 Å². The van der Waals surface area contributed by atoms with E-state index in [4.69, 9.17) is 51.9 Å². The summed E-state index contributed by atoms with van der Waals surface area (Å²) in [4.78, 5) is 51.3. The topological polar surface area (TPSA) is 275 Å². The van der Waals surface area contributed by atoms with E-state index in [1.165, 1.54) is 0 Å². The minimum absolute atomic E-state index is 0. The van der Waals surface area contributed by atoms with Gasteiger partial charge in [-0.3, -0.25) is 0 Å². The van der Waals surface area contributed by atoms with E-state index in [0.717, 1.165) is 0 Å². The van der Waals surface area contributed by atoms with Crippen LogP contribution in [0, 0.1) is 83.5 Å². The molecule has 0 rings (SSSR count). The molecule has 0 amide bonds. The van der Waals surface area contributed by atoms with Crippen molar-refractivity contribution in [3.05, 3.63) is 0 Å². The fourth-order valence-electron chi connectivity index (χ4n) is 0. The van der Waals surface area contributed by atoms with Crippen molar-refractivity contribution in [2.24, 2.45) is 0 Å². The van der Waals surface area contributed by atoms with Gasteiger partial charge in [0.1, 0.15) is 0 Å². The van der Waals surface area contributed by atoms with E-state index < -0.39 is 99.1 Å². The van der Waals surface area contributed by atoms with E-state index >= 15 is 0 Å². The zero-order chi connectivity index (χ0) is 17.1. The number of hydrogen-bond donors (Lipinski definition) is 0. The maximum absolute atomic E-state index is 8.58. The first-order valence-corrected chi connectivity index (χ1v) is 15.8. The van der Waals surface area contributed by atoms with Crippen LogP contribution in [0.2, 0.25) is 0 Å². The van der Waals surface area contributed by atoms with E-state index in [-0.39, 0.29) is 17.1 Å². The molecule has 0 aliphatic rings. The molecule has 20 heteroatoms. The second kappa shape index (κ2) is 29.7. The van der Waals surface area contributed by atoms with Crippen molar-refractivity contribution >= 4 is 15.6 Å². The van der Waals surface area contributed by atoms with Gasteiger partial charge in [-0.25, -0.2) is 0 Å². The summed E-state index contributed by atoms with van der Waals surface area (Å²) in [5.74, 6) is 0. The zero-order valence-corrected chi connectivity index (χ0v) is 23.6. The molecule has 0 bridgehead atoms. The van der Waals surface area contributed by atoms with Gasteiger partial charge in [0.2, 0.25) is 0 Å². The fraction of sp³-hybridized carbons (Fsp3) is 0. The van der Waals surface area contributed by atoms with Crippen molar-refractivity contribution in [3.63, 3.8) is 0 Å². The van der Waals surface area contributed by atoms with Crippen molar-refractivity contribution < 1.29 is 152 Å².